The van der Waals surface area contributed by atoms with Crippen molar-refractivity contribution in [3.63, 3.8) is 0 Å². The number of nitrogens with zero attached hydrogens (tertiary/aromatic N) is 5. The summed E-state index contributed by atoms with van der Waals surface area (Å²) in [5, 5.41) is 13.3. The predicted molar refractivity (Wildman–Crippen MR) is 129 cm³/mol. The highest BCUT2D eigenvalue weighted by Gasteiger charge is 2.25. The van der Waals surface area contributed by atoms with Crippen LogP contribution in [0.15, 0.2) is 34.8 Å². The molecule has 1 atom stereocenters. The summed E-state index contributed by atoms with van der Waals surface area (Å²) in [7, 11) is 0. The first kappa shape index (κ1) is 21.9. The van der Waals surface area contributed by atoms with E-state index in [1.54, 1.807) is 23.1 Å². The van der Waals surface area contributed by atoms with E-state index in [2.05, 4.69) is 56.2 Å². The summed E-state index contributed by atoms with van der Waals surface area (Å²) in [5.41, 5.74) is 3.61. The highest BCUT2D eigenvalue weighted by Crippen LogP contribution is 2.30. The molecule has 0 N–H and O–H groups in total. The Morgan fingerprint density at radius 2 is 1.97 bits per heavy atom. The molecule has 0 amide bonds. The summed E-state index contributed by atoms with van der Waals surface area (Å²) in [6.07, 6.45) is 3.52. The molecule has 1 aromatic carbocycles. The van der Waals surface area contributed by atoms with Gasteiger partial charge >= 0.3 is 0 Å². The number of hydrogen-bond donors (Lipinski definition) is 0. The third-order valence-electron chi connectivity index (χ3n) is 5.91. The van der Waals surface area contributed by atoms with Crippen molar-refractivity contribution in [3.05, 3.63) is 40.9 Å². The van der Waals surface area contributed by atoms with Gasteiger partial charge in [0.05, 0.1) is 31.6 Å². The normalized spacial score (nSPS) is 19.0. The molecule has 2 fully saturated rings. The Balaban J connectivity index is 1.30. The van der Waals surface area contributed by atoms with Crippen LogP contribution in [0, 0.1) is 0 Å². The van der Waals surface area contributed by atoms with E-state index in [1.165, 1.54) is 11.1 Å². The average molecular weight is 472 g/mol. The lowest BCUT2D eigenvalue weighted by Gasteiger charge is -2.28. The van der Waals surface area contributed by atoms with Crippen LogP contribution in [-0.4, -0.2) is 58.8 Å². The fraction of sp³-hybridized carbons (Fsp3) is 0.522. The number of hydrogen-bond acceptors (Lipinski definition) is 8. The molecule has 0 spiro atoms. The zero-order valence-electron chi connectivity index (χ0n) is 18.4. The number of aryl methyl sites for hydroxylation is 1. The van der Waals surface area contributed by atoms with Crippen molar-refractivity contribution >= 4 is 29.0 Å². The first-order valence-corrected chi connectivity index (χ1v) is 13.2. The molecule has 32 heavy (non-hydrogen) atoms. The molecule has 2 saturated heterocycles. The van der Waals surface area contributed by atoms with Crippen molar-refractivity contribution in [2.75, 3.05) is 37.8 Å². The fourth-order valence-electron chi connectivity index (χ4n) is 4.06. The van der Waals surface area contributed by atoms with Gasteiger partial charge in [0.25, 0.3) is 0 Å². The summed E-state index contributed by atoms with van der Waals surface area (Å²) in [4.78, 5) is 7.14. The summed E-state index contributed by atoms with van der Waals surface area (Å²) in [5.74, 6) is 1.71. The quantitative estimate of drug-likeness (QED) is 0.455. The van der Waals surface area contributed by atoms with E-state index in [9.17, 15) is 0 Å². The van der Waals surface area contributed by atoms with E-state index in [0.29, 0.717) is 0 Å². The second-order valence-corrected chi connectivity index (χ2v) is 9.91. The topological polar surface area (TPSA) is 65.3 Å². The molecule has 0 aliphatic carbocycles. The predicted octanol–water partition coefficient (Wildman–Crippen LogP) is 4.27. The van der Waals surface area contributed by atoms with Crippen LogP contribution in [0.5, 0.6) is 0 Å². The minimum atomic E-state index is 0.238. The second-order valence-electron chi connectivity index (χ2n) is 8.11. The van der Waals surface area contributed by atoms with Gasteiger partial charge in [0.2, 0.25) is 5.95 Å². The van der Waals surface area contributed by atoms with E-state index in [1.807, 2.05) is 0 Å². The minimum Gasteiger partial charge on any atom is -0.378 e. The van der Waals surface area contributed by atoms with Gasteiger partial charge in [-0.2, -0.15) is 0 Å². The van der Waals surface area contributed by atoms with Crippen LogP contribution in [0.1, 0.15) is 31.0 Å². The second kappa shape index (κ2) is 10.3. The van der Waals surface area contributed by atoms with Gasteiger partial charge in [0.15, 0.2) is 5.16 Å². The summed E-state index contributed by atoms with van der Waals surface area (Å²) < 4.78 is 13.7. The van der Waals surface area contributed by atoms with Crippen molar-refractivity contribution in [2.24, 2.45) is 0 Å². The molecule has 0 bridgehead atoms. The van der Waals surface area contributed by atoms with Crippen LogP contribution in [0.3, 0.4) is 0 Å². The lowest BCUT2D eigenvalue weighted by atomic mass is 10.1. The van der Waals surface area contributed by atoms with Crippen molar-refractivity contribution < 1.29 is 9.47 Å². The molecule has 3 aromatic rings. The monoisotopic (exact) mass is 471 g/mol. The first-order valence-electron chi connectivity index (χ1n) is 11.3. The molecule has 9 heteroatoms. The standard InChI is InChI=1S/C23H29N5O2S2/c1-2-17-5-7-18(8-6-17)21-24-19(15-31-21)16-32-23-26-25-22(27-9-12-29-13-10-27)28(23)14-20-4-3-11-30-20/h5-8,15,20H,2-4,9-14,16H2,1H3. The molecule has 1 unspecified atom stereocenters. The zero-order chi connectivity index (χ0) is 21.8. The highest BCUT2D eigenvalue weighted by molar-refractivity contribution is 7.98. The van der Waals surface area contributed by atoms with Crippen LogP contribution < -0.4 is 4.90 Å². The van der Waals surface area contributed by atoms with Crippen molar-refractivity contribution in [2.45, 2.75) is 49.7 Å². The molecular weight excluding hydrogens is 442 g/mol. The van der Waals surface area contributed by atoms with Gasteiger partial charge in [-0.25, -0.2) is 4.98 Å². The van der Waals surface area contributed by atoms with Gasteiger partial charge in [-0.15, -0.1) is 21.5 Å². The van der Waals surface area contributed by atoms with Gasteiger partial charge in [0, 0.05) is 36.4 Å². The smallest absolute Gasteiger partial charge is 0.228 e. The van der Waals surface area contributed by atoms with E-state index >= 15 is 0 Å². The zero-order valence-corrected chi connectivity index (χ0v) is 20.0. The van der Waals surface area contributed by atoms with Crippen LogP contribution in [0.25, 0.3) is 10.6 Å². The van der Waals surface area contributed by atoms with E-state index in [0.717, 1.165) is 86.3 Å². The third kappa shape index (κ3) is 5.01. The molecule has 2 aromatic heterocycles. The largest absolute Gasteiger partial charge is 0.378 e. The Labute approximate surface area is 197 Å². The molecular formula is C23H29N5O2S2. The number of anilines is 1. The van der Waals surface area contributed by atoms with Gasteiger partial charge < -0.3 is 14.4 Å². The van der Waals surface area contributed by atoms with Gasteiger partial charge in [-0.1, -0.05) is 43.0 Å². The Kier molecular flexibility index (Phi) is 7.06. The third-order valence-corrected chi connectivity index (χ3v) is 7.85. The number of rotatable bonds is 8. The SMILES string of the molecule is CCc1ccc(-c2nc(CSc3nnc(N4CCOCC4)n3CC3CCCO3)cs2)cc1. The highest BCUT2D eigenvalue weighted by atomic mass is 32.2. The van der Waals surface area contributed by atoms with Crippen LogP contribution in [-0.2, 0) is 28.2 Å². The van der Waals surface area contributed by atoms with E-state index < -0.39 is 0 Å². The maximum absolute atomic E-state index is 5.92. The van der Waals surface area contributed by atoms with Crippen LogP contribution in [0.4, 0.5) is 5.95 Å². The molecule has 0 radical (unpaired) electrons. The molecule has 2 aliphatic rings. The first-order chi connectivity index (χ1) is 15.8. The van der Waals surface area contributed by atoms with Crippen molar-refractivity contribution in [3.8, 4) is 10.6 Å². The molecule has 2 aliphatic heterocycles. The lowest BCUT2D eigenvalue weighted by Crippen LogP contribution is -2.38. The Morgan fingerprint density at radius 1 is 1.12 bits per heavy atom. The van der Waals surface area contributed by atoms with Crippen molar-refractivity contribution in [1.82, 2.24) is 19.7 Å². The van der Waals surface area contributed by atoms with E-state index in [4.69, 9.17) is 14.5 Å². The van der Waals surface area contributed by atoms with Gasteiger partial charge in [-0.05, 0) is 24.8 Å². The Morgan fingerprint density at radius 3 is 2.72 bits per heavy atom. The van der Waals surface area contributed by atoms with E-state index in [-0.39, 0.29) is 6.10 Å². The molecule has 0 saturated carbocycles. The number of benzene rings is 1. The lowest BCUT2D eigenvalue weighted by molar-refractivity contribution is 0.0942. The molecule has 7 nitrogen and oxygen atoms in total. The number of thiazole rings is 1. The van der Waals surface area contributed by atoms with Crippen LogP contribution in [0.2, 0.25) is 0 Å². The van der Waals surface area contributed by atoms with Crippen molar-refractivity contribution in [1.29, 1.82) is 0 Å². The number of ether oxygens (including phenoxy) is 2. The number of thioether (sulfide) groups is 1. The fourth-order valence-corrected chi connectivity index (χ4v) is 5.83. The summed E-state index contributed by atoms with van der Waals surface area (Å²) in [6, 6.07) is 8.71. The summed E-state index contributed by atoms with van der Waals surface area (Å²) in [6.45, 7) is 6.99. The molecule has 170 valence electrons. The Bertz CT molecular complexity index is 1010. The van der Waals surface area contributed by atoms with Gasteiger partial charge in [0.1, 0.15) is 5.01 Å². The number of aromatic nitrogens is 4. The molecule has 4 heterocycles. The maximum Gasteiger partial charge on any atom is 0.228 e. The van der Waals surface area contributed by atoms with Crippen LogP contribution >= 0.6 is 23.1 Å². The van der Waals surface area contributed by atoms with Gasteiger partial charge in [-0.3, -0.25) is 4.57 Å². The average Bonchev–Trinajstić information content (AvgIpc) is 3.60. The minimum absolute atomic E-state index is 0.238. The summed E-state index contributed by atoms with van der Waals surface area (Å²) >= 11 is 3.40. The Hall–Kier alpha value is -1.94. The maximum atomic E-state index is 5.92. The molecule has 5 rings (SSSR count). The number of morpholine rings is 1.